The molecule has 1 atom stereocenters. The summed E-state index contributed by atoms with van der Waals surface area (Å²) in [6.45, 7) is 1.79. The largest absolute Gasteiger partial charge is 0.457 e. The molecule has 146 valence electrons. The van der Waals surface area contributed by atoms with Crippen molar-refractivity contribution in [2.75, 3.05) is 4.90 Å². The number of hydrogen-bond donors (Lipinski definition) is 0. The van der Waals surface area contributed by atoms with Gasteiger partial charge in [0.2, 0.25) is 5.91 Å². The van der Waals surface area contributed by atoms with Crippen LogP contribution in [0.15, 0.2) is 58.4 Å². The van der Waals surface area contributed by atoms with Crippen LogP contribution in [0.4, 0.5) is 5.69 Å². The van der Waals surface area contributed by atoms with Crippen molar-refractivity contribution < 1.29 is 14.3 Å². The Kier molecular flexibility index (Phi) is 3.99. The Labute approximate surface area is 170 Å². The second-order valence-corrected chi connectivity index (χ2v) is 8.50. The van der Waals surface area contributed by atoms with Crippen molar-refractivity contribution in [3.63, 3.8) is 0 Å². The van der Waals surface area contributed by atoms with Crippen molar-refractivity contribution in [1.29, 1.82) is 0 Å². The summed E-state index contributed by atoms with van der Waals surface area (Å²) in [5.41, 5.74) is 2.36. The molecule has 0 aliphatic carbocycles. The topological polar surface area (TPSA) is 81.0 Å². The molecule has 5 rings (SSSR count). The fourth-order valence-corrected chi connectivity index (χ4v) is 5.26. The summed E-state index contributed by atoms with van der Waals surface area (Å²) >= 11 is 1.35. The lowest BCUT2D eigenvalue weighted by Gasteiger charge is -2.28. The molecule has 7 nitrogen and oxygen atoms in total. The fourth-order valence-electron chi connectivity index (χ4n) is 3.85. The lowest BCUT2D eigenvalue weighted by atomic mass is 10.2. The van der Waals surface area contributed by atoms with E-state index in [0.29, 0.717) is 24.2 Å². The molecule has 2 aromatic heterocycles. The predicted octanol–water partition coefficient (Wildman–Crippen LogP) is 2.68. The number of carbonyl (C=O) groups excluding carboxylic acids is 2. The Hall–Kier alpha value is -3.13. The van der Waals surface area contributed by atoms with E-state index in [4.69, 9.17) is 4.74 Å². The minimum atomic E-state index is -1.08. The van der Waals surface area contributed by atoms with E-state index >= 15 is 0 Å². The molecular formula is C21H17N3O4S. The van der Waals surface area contributed by atoms with Crippen molar-refractivity contribution in [2.45, 2.75) is 36.1 Å². The van der Waals surface area contributed by atoms with Gasteiger partial charge in [-0.2, -0.15) is 0 Å². The van der Waals surface area contributed by atoms with Gasteiger partial charge >= 0.3 is 5.97 Å². The average Bonchev–Trinajstić information content (AvgIpc) is 3.21. The fraction of sp³-hybridized carbons (Fsp3) is 0.238. The number of hydrogen-bond acceptors (Lipinski definition) is 6. The molecule has 1 fully saturated rings. The highest BCUT2D eigenvalue weighted by atomic mass is 32.2. The first-order valence-electron chi connectivity index (χ1n) is 9.25. The standard InChI is InChI=1S/C21H17N3O4S/c1-13-7-9-23-17(10-13)22-14(11-19(23)26)12-28-20(27)21-8-6-18(25)24(21)15-4-2-3-5-16(15)29-21/h2-5,7,9-11H,6,8,12H2,1H3/t21-/m0/s1. The summed E-state index contributed by atoms with van der Waals surface area (Å²) in [6, 6.07) is 12.5. The van der Waals surface area contributed by atoms with E-state index in [9.17, 15) is 14.4 Å². The summed E-state index contributed by atoms with van der Waals surface area (Å²) in [4.78, 5) is 43.7. The van der Waals surface area contributed by atoms with E-state index in [1.165, 1.54) is 22.2 Å². The smallest absolute Gasteiger partial charge is 0.343 e. The third-order valence-electron chi connectivity index (χ3n) is 5.22. The monoisotopic (exact) mass is 407 g/mol. The number of aryl methyl sites for hydroxylation is 1. The maximum atomic E-state index is 13.1. The quantitative estimate of drug-likeness (QED) is 0.621. The highest BCUT2D eigenvalue weighted by molar-refractivity contribution is 8.02. The molecule has 0 N–H and O–H groups in total. The van der Waals surface area contributed by atoms with Gasteiger partial charge in [-0.25, -0.2) is 9.78 Å². The summed E-state index contributed by atoms with van der Waals surface area (Å²) in [7, 11) is 0. The van der Waals surface area contributed by atoms with Crippen LogP contribution < -0.4 is 10.5 Å². The lowest BCUT2D eigenvalue weighted by molar-refractivity contribution is -0.148. The van der Waals surface area contributed by atoms with E-state index < -0.39 is 10.8 Å². The molecule has 3 aromatic rings. The molecule has 0 radical (unpaired) electrons. The molecule has 0 spiro atoms. The van der Waals surface area contributed by atoms with Crippen molar-refractivity contribution in [3.8, 4) is 0 Å². The van der Waals surface area contributed by atoms with Gasteiger partial charge in [0.05, 0.1) is 11.4 Å². The number of carbonyl (C=O) groups is 2. The van der Waals surface area contributed by atoms with Gasteiger partial charge in [0.15, 0.2) is 4.87 Å². The molecule has 1 saturated heterocycles. The van der Waals surface area contributed by atoms with Gasteiger partial charge in [0.25, 0.3) is 5.56 Å². The first-order chi connectivity index (χ1) is 14.0. The van der Waals surface area contributed by atoms with Crippen molar-refractivity contribution in [2.24, 2.45) is 0 Å². The maximum Gasteiger partial charge on any atom is 0.343 e. The van der Waals surface area contributed by atoms with Gasteiger partial charge in [-0.1, -0.05) is 23.9 Å². The molecule has 4 heterocycles. The molecule has 0 bridgehead atoms. The summed E-state index contributed by atoms with van der Waals surface area (Å²) in [5.74, 6) is -0.576. The highest BCUT2D eigenvalue weighted by Crippen LogP contribution is 2.56. The zero-order chi connectivity index (χ0) is 20.2. The number of nitrogens with zero attached hydrogens (tertiary/aromatic N) is 3. The number of ether oxygens (including phenoxy) is 1. The van der Waals surface area contributed by atoms with Crippen LogP contribution >= 0.6 is 11.8 Å². The number of amides is 1. The predicted molar refractivity (Wildman–Crippen MR) is 108 cm³/mol. The van der Waals surface area contributed by atoms with Gasteiger partial charge in [-0.15, -0.1) is 0 Å². The Morgan fingerprint density at radius 2 is 2.07 bits per heavy atom. The number of anilines is 1. The van der Waals surface area contributed by atoms with E-state index in [0.717, 1.165) is 16.1 Å². The number of rotatable bonds is 3. The molecule has 2 aliphatic heterocycles. The second kappa shape index (κ2) is 6.45. The average molecular weight is 407 g/mol. The SMILES string of the molecule is Cc1ccn2c(=O)cc(COC(=O)[C@@]34CCC(=O)N3c3ccccc3S4)nc2c1. The highest BCUT2D eigenvalue weighted by Gasteiger charge is 2.58. The zero-order valence-electron chi connectivity index (χ0n) is 15.6. The van der Waals surface area contributed by atoms with Gasteiger partial charge in [-0.05, 0) is 36.8 Å². The van der Waals surface area contributed by atoms with Crippen LogP contribution in [0.3, 0.4) is 0 Å². The first-order valence-corrected chi connectivity index (χ1v) is 10.1. The number of esters is 1. The van der Waals surface area contributed by atoms with Crippen molar-refractivity contribution >= 4 is 35.0 Å². The van der Waals surface area contributed by atoms with Crippen LogP contribution in [0.2, 0.25) is 0 Å². The van der Waals surface area contributed by atoms with Crippen molar-refractivity contribution in [3.05, 3.63) is 70.3 Å². The van der Waals surface area contributed by atoms with Crippen molar-refractivity contribution in [1.82, 2.24) is 9.38 Å². The van der Waals surface area contributed by atoms with E-state index in [2.05, 4.69) is 4.98 Å². The van der Waals surface area contributed by atoms with E-state index in [1.54, 1.807) is 17.2 Å². The Morgan fingerprint density at radius 1 is 1.24 bits per heavy atom. The molecule has 0 saturated carbocycles. The summed E-state index contributed by atoms with van der Waals surface area (Å²) < 4.78 is 7.01. The normalized spacial score (nSPS) is 20.0. The lowest BCUT2D eigenvalue weighted by Crippen LogP contribution is -2.47. The molecule has 29 heavy (non-hydrogen) atoms. The minimum Gasteiger partial charge on any atom is -0.457 e. The van der Waals surface area contributed by atoms with Crippen LogP contribution in [0, 0.1) is 6.92 Å². The first kappa shape index (κ1) is 17.9. The number of fused-ring (bicyclic) bond motifs is 4. The Morgan fingerprint density at radius 3 is 2.93 bits per heavy atom. The molecular weight excluding hydrogens is 390 g/mol. The van der Waals surface area contributed by atoms with E-state index in [-0.39, 0.29) is 18.1 Å². The number of aromatic nitrogens is 2. The molecule has 1 aromatic carbocycles. The van der Waals surface area contributed by atoms with Gasteiger partial charge in [0.1, 0.15) is 12.3 Å². The Balaban J connectivity index is 1.42. The van der Waals surface area contributed by atoms with Gasteiger partial charge in [0, 0.05) is 30.0 Å². The third kappa shape index (κ3) is 2.74. The van der Waals surface area contributed by atoms with Crippen LogP contribution in [0.5, 0.6) is 0 Å². The molecule has 2 aliphatic rings. The zero-order valence-corrected chi connectivity index (χ0v) is 16.4. The van der Waals surface area contributed by atoms with Crippen LogP contribution in [0.25, 0.3) is 5.65 Å². The van der Waals surface area contributed by atoms with Gasteiger partial charge < -0.3 is 4.74 Å². The van der Waals surface area contributed by atoms with E-state index in [1.807, 2.05) is 37.3 Å². The van der Waals surface area contributed by atoms with Crippen LogP contribution in [0.1, 0.15) is 24.1 Å². The Bertz CT molecular complexity index is 1240. The third-order valence-corrected chi connectivity index (χ3v) is 6.68. The number of pyridine rings is 1. The molecule has 0 unspecified atom stereocenters. The number of para-hydroxylation sites is 1. The summed E-state index contributed by atoms with van der Waals surface area (Å²) in [5, 5.41) is 0. The number of thioether (sulfide) groups is 1. The van der Waals surface area contributed by atoms with Crippen LogP contribution in [-0.4, -0.2) is 26.1 Å². The second-order valence-electron chi connectivity index (χ2n) is 7.18. The summed E-state index contributed by atoms with van der Waals surface area (Å²) in [6.07, 6.45) is 2.35. The number of benzene rings is 1. The maximum absolute atomic E-state index is 13.1. The van der Waals surface area contributed by atoms with Gasteiger partial charge in [-0.3, -0.25) is 18.9 Å². The molecule has 1 amide bonds. The molecule has 8 heteroatoms. The van der Waals surface area contributed by atoms with Crippen LogP contribution in [-0.2, 0) is 20.9 Å². The minimum absolute atomic E-state index is 0.0862.